The van der Waals surface area contributed by atoms with Gasteiger partial charge in [0.2, 0.25) is 10.0 Å². The fourth-order valence-electron chi connectivity index (χ4n) is 1.94. The molecule has 0 fully saturated rings. The van der Waals surface area contributed by atoms with Crippen LogP contribution in [0.5, 0.6) is 0 Å². The molecular weight excluding hydrogens is 385 g/mol. The van der Waals surface area contributed by atoms with Crippen LogP contribution in [0.1, 0.15) is 17.3 Å². The van der Waals surface area contributed by atoms with Gasteiger partial charge in [-0.2, -0.15) is 4.72 Å². The monoisotopic (exact) mass is 399 g/mol. The van der Waals surface area contributed by atoms with Gasteiger partial charge < -0.3 is 4.74 Å². The Labute approximate surface area is 155 Å². The van der Waals surface area contributed by atoms with Gasteiger partial charge in [0.25, 0.3) is 0 Å². The molecule has 0 bridgehead atoms. The molecule has 26 heavy (non-hydrogen) atoms. The van der Waals surface area contributed by atoms with E-state index in [2.05, 4.69) is 4.72 Å². The minimum Gasteiger partial charge on any atom is -0.456 e. The number of Topliss-reactive ketones (excluding diaryl/α,β-unsaturated/α-hetero) is 1. The van der Waals surface area contributed by atoms with Crippen molar-refractivity contribution < 1.29 is 27.1 Å². The smallest absolute Gasteiger partial charge is 0.324 e. The molecule has 2 rings (SSSR count). The van der Waals surface area contributed by atoms with Gasteiger partial charge in [-0.05, 0) is 55.5 Å². The molecule has 9 heteroatoms. The predicted molar refractivity (Wildman–Crippen MR) is 92.9 cm³/mol. The Morgan fingerprint density at radius 1 is 1.12 bits per heavy atom. The maximum absolute atomic E-state index is 12.9. The number of halogens is 2. The van der Waals surface area contributed by atoms with E-state index in [4.69, 9.17) is 16.3 Å². The first-order chi connectivity index (χ1) is 12.2. The number of ketones is 1. The van der Waals surface area contributed by atoms with Gasteiger partial charge in [-0.3, -0.25) is 9.59 Å². The fraction of sp³-hybridized carbons (Fsp3) is 0.176. The van der Waals surface area contributed by atoms with Crippen molar-refractivity contribution in [3.8, 4) is 0 Å². The lowest BCUT2D eigenvalue weighted by Gasteiger charge is -2.13. The Bertz CT molecular complexity index is 898. The molecule has 0 radical (unpaired) electrons. The van der Waals surface area contributed by atoms with Crippen molar-refractivity contribution in [1.82, 2.24) is 4.72 Å². The summed E-state index contributed by atoms with van der Waals surface area (Å²) in [5.74, 6) is -1.96. The van der Waals surface area contributed by atoms with Gasteiger partial charge in [0.1, 0.15) is 11.9 Å². The number of hydrogen-bond acceptors (Lipinski definition) is 5. The summed E-state index contributed by atoms with van der Waals surface area (Å²) in [5.41, 5.74) is 0.307. The maximum Gasteiger partial charge on any atom is 0.324 e. The highest BCUT2D eigenvalue weighted by Crippen LogP contribution is 2.12. The molecule has 0 aromatic heterocycles. The first-order valence-corrected chi connectivity index (χ1v) is 9.28. The highest BCUT2D eigenvalue weighted by atomic mass is 35.5. The molecule has 0 aliphatic rings. The third kappa shape index (κ3) is 5.35. The van der Waals surface area contributed by atoms with E-state index >= 15 is 0 Å². The number of ether oxygens (including phenoxy) is 1. The number of esters is 1. The second-order valence-electron chi connectivity index (χ2n) is 5.33. The molecule has 6 nitrogen and oxygen atoms in total. The van der Waals surface area contributed by atoms with Crippen LogP contribution in [0.15, 0.2) is 53.4 Å². The number of nitrogens with one attached hydrogen (secondary N) is 1. The van der Waals surface area contributed by atoms with Gasteiger partial charge in [0.05, 0.1) is 4.90 Å². The normalized spacial score (nSPS) is 12.4. The lowest BCUT2D eigenvalue weighted by molar-refractivity contribution is -0.144. The molecule has 0 heterocycles. The van der Waals surface area contributed by atoms with E-state index < -0.39 is 40.2 Å². The van der Waals surface area contributed by atoms with E-state index in [9.17, 15) is 22.4 Å². The minimum atomic E-state index is -4.03. The summed E-state index contributed by atoms with van der Waals surface area (Å²) in [4.78, 5) is 23.6. The third-order valence-corrected chi connectivity index (χ3v) is 5.13. The van der Waals surface area contributed by atoms with Crippen LogP contribution in [0.25, 0.3) is 0 Å². The first-order valence-electron chi connectivity index (χ1n) is 7.42. The Morgan fingerprint density at radius 3 is 2.27 bits per heavy atom. The van der Waals surface area contributed by atoms with Crippen LogP contribution in [0.4, 0.5) is 4.39 Å². The summed E-state index contributed by atoms with van der Waals surface area (Å²) in [6.07, 6.45) is 0. The summed E-state index contributed by atoms with van der Waals surface area (Å²) in [6.45, 7) is 0.735. The van der Waals surface area contributed by atoms with Gasteiger partial charge in [-0.25, -0.2) is 12.8 Å². The molecule has 0 unspecified atom stereocenters. The summed E-state index contributed by atoms with van der Waals surface area (Å²) >= 11 is 5.72. The van der Waals surface area contributed by atoms with E-state index in [1.165, 1.54) is 31.2 Å². The zero-order valence-corrected chi connectivity index (χ0v) is 15.2. The van der Waals surface area contributed by atoms with E-state index in [0.29, 0.717) is 10.6 Å². The number of carbonyl (C=O) groups excluding carboxylic acids is 2. The molecule has 2 aromatic rings. The molecule has 0 amide bonds. The van der Waals surface area contributed by atoms with Crippen LogP contribution >= 0.6 is 11.6 Å². The number of benzene rings is 2. The highest BCUT2D eigenvalue weighted by Gasteiger charge is 2.23. The predicted octanol–water partition coefficient (Wildman–Crippen LogP) is 2.57. The topological polar surface area (TPSA) is 89.5 Å². The quantitative estimate of drug-likeness (QED) is 0.571. The van der Waals surface area contributed by atoms with E-state index in [-0.39, 0.29) is 4.90 Å². The molecule has 0 aliphatic heterocycles. The van der Waals surface area contributed by atoms with Gasteiger partial charge in [0, 0.05) is 10.6 Å². The third-order valence-electron chi connectivity index (χ3n) is 3.32. The second-order valence-corrected chi connectivity index (χ2v) is 7.49. The number of rotatable bonds is 7. The van der Waals surface area contributed by atoms with Crippen molar-refractivity contribution in [2.24, 2.45) is 0 Å². The summed E-state index contributed by atoms with van der Waals surface area (Å²) in [5, 5.41) is 0.461. The SMILES string of the molecule is C[C@H](NS(=O)(=O)c1ccc(F)cc1)C(=O)OCC(=O)c1ccc(Cl)cc1. The second kappa shape index (κ2) is 8.39. The summed E-state index contributed by atoms with van der Waals surface area (Å²) < 4.78 is 44.1. The zero-order valence-electron chi connectivity index (χ0n) is 13.6. The summed E-state index contributed by atoms with van der Waals surface area (Å²) in [6, 6.07) is 8.90. The summed E-state index contributed by atoms with van der Waals surface area (Å²) in [7, 11) is -4.03. The molecular formula is C17H15ClFNO5S. The Hall–Kier alpha value is -2.29. The van der Waals surface area contributed by atoms with E-state index in [0.717, 1.165) is 24.3 Å². The van der Waals surface area contributed by atoms with Crippen molar-refractivity contribution in [1.29, 1.82) is 0 Å². The van der Waals surface area contributed by atoms with Gasteiger partial charge in [-0.1, -0.05) is 11.6 Å². The largest absolute Gasteiger partial charge is 0.456 e. The van der Waals surface area contributed by atoms with Crippen LogP contribution in [0.3, 0.4) is 0 Å². The standard InChI is InChI=1S/C17H15ClFNO5S/c1-11(20-26(23,24)15-8-6-14(19)7-9-15)17(22)25-10-16(21)12-2-4-13(18)5-3-12/h2-9,11,20H,10H2,1H3/t11-/m0/s1. The molecule has 0 aliphatic carbocycles. The average molecular weight is 400 g/mol. The van der Waals surface area contributed by atoms with Crippen LogP contribution in [0.2, 0.25) is 5.02 Å². The lowest BCUT2D eigenvalue weighted by atomic mass is 10.1. The van der Waals surface area contributed by atoms with Crippen molar-refractivity contribution in [2.75, 3.05) is 6.61 Å². The number of sulfonamides is 1. The molecule has 0 spiro atoms. The van der Waals surface area contributed by atoms with Crippen LogP contribution < -0.4 is 4.72 Å². The van der Waals surface area contributed by atoms with Crippen LogP contribution in [-0.2, 0) is 19.6 Å². The maximum atomic E-state index is 12.9. The molecule has 1 N–H and O–H groups in total. The number of carbonyl (C=O) groups is 2. The van der Waals surface area contributed by atoms with Gasteiger partial charge >= 0.3 is 5.97 Å². The molecule has 2 aromatic carbocycles. The molecule has 0 saturated carbocycles. The molecule has 0 saturated heterocycles. The minimum absolute atomic E-state index is 0.198. The average Bonchev–Trinajstić information content (AvgIpc) is 2.60. The molecule has 138 valence electrons. The first kappa shape index (κ1) is 20.0. The Morgan fingerprint density at radius 2 is 1.69 bits per heavy atom. The van der Waals surface area contributed by atoms with E-state index in [1.807, 2.05) is 0 Å². The van der Waals surface area contributed by atoms with Crippen molar-refractivity contribution in [2.45, 2.75) is 17.9 Å². The lowest BCUT2D eigenvalue weighted by Crippen LogP contribution is -2.40. The Kier molecular flexibility index (Phi) is 6.47. The van der Waals surface area contributed by atoms with Gasteiger partial charge in [-0.15, -0.1) is 0 Å². The zero-order chi connectivity index (χ0) is 19.3. The Balaban J connectivity index is 1.93. The van der Waals surface area contributed by atoms with Crippen LogP contribution in [0, 0.1) is 5.82 Å². The van der Waals surface area contributed by atoms with Crippen molar-refractivity contribution >= 4 is 33.4 Å². The number of hydrogen-bond donors (Lipinski definition) is 1. The van der Waals surface area contributed by atoms with Crippen LogP contribution in [-0.4, -0.2) is 32.8 Å². The van der Waals surface area contributed by atoms with Crippen molar-refractivity contribution in [3.05, 3.63) is 64.9 Å². The van der Waals surface area contributed by atoms with E-state index in [1.54, 1.807) is 0 Å². The fourth-order valence-corrected chi connectivity index (χ4v) is 3.26. The van der Waals surface area contributed by atoms with Gasteiger partial charge in [0.15, 0.2) is 12.4 Å². The highest BCUT2D eigenvalue weighted by molar-refractivity contribution is 7.89. The molecule has 1 atom stereocenters. The van der Waals surface area contributed by atoms with Crippen molar-refractivity contribution in [3.63, 3.8) is 0 Å².